The predicted molar refractivity (Wildman–Crippen MR) is 80.7 cm³/mol. The van der Waals surface area contributed by atoms with Crippen LogP contribution in [-0.2, 0) is 17.7 Å². The van der Waals surface area contributed by atoms with E-state index in [2.05, 4.69) is 17.1 Å². The van der Waals surface area contributed by atoms with Gasteiger partial charge in [-0.3, -0.25) is 0 Å². The van der Waals surface area contributed by atoms with Crippen molar-refractivity contribution in [1.82, 2.24) is 10.1 Å². The molecular formula is C16H23N3O2. The molecule has 0 aliphatic rings. The standard InChI is InChI=1S/C16H23N3O2/c1-3-7-14(20-4-2)16-18-15(21-19-16)10-12-8-5-6-9-13(12)11-17/h5-6,8-9,14H,3-4,7,10-11,17H2,1-2H3. The third kappa shape index (κ3) is 4.12. The number of hydrogen-bond acceptors (Lipinski definition) is 5. The van der Waals surface area contributed by atoms with Crippen LogP contribution in [0.25, 0.3) is 0 Å². The number of ether oxygens (including phenoxy) is 1. The second-order valence-corrected chi connectivity index (χ2v) is 4.93. The molecule has 114 valence electrons. The Hall–Kier alpha value is -1.72. The number of hydrogen-bond donors (Lipinski definition) is 1. The highest BCUT2D eigenvalue weighted by molar-refractivity contribution is 5.29. The van der Waals surface area contributed by atoms with Gasteiger partial charge in [-0.15, -0.1) is 0 Å². The van der Waals surface area contributed by atoms with E-state index in [1.54, 1.807) is 0 Å². The van der Waals surface area contributed by atoms with Crippen molar-refractivity contribution in [3.05, 3.63) is 47.1 Å². The van der Waals surface area contributed by atoms with Gasteiger partial charge in [0.2, 0.25) is 11.7 Å². The Morgan fingerprint density at radius 3 is 2.67 bits per heavy atom. The van der Waals surface area contributed by atoms with Crippen LogP contribution in [0, 0.1) is 0 Å². The molecule has 0 fully saturated rings. The van der Waals surface area contributed by atoms with E-state index in [0.717, 1.165) is 24.0 Å². The largest absolute Gasteiger partial charge is 0.370 e. The van der Waals surface area contributed by atoms with Crippen LogP contribution in [0.3, 0.4) is 0 Å². The van der Waals surface area contributed by atoms with Gasteiger partial charge in [-0.1, -0.05) is 42.8 Å². The van der Waals surface area contributed by atoms with Gasteiger partial charge >= 0.3 is 0 Å². The van der Waals surface area contributed by atoms with Gasteiger partial charge in [0.25, 0.3) is 0 Å². The number of aromatic nitrogens is 2. The highest BCUT2D eigenvalue weighted by atomic mass is 16.5. The van der Waals surface area contributed by atoms with Gasteiger partial charge in [0.15, 0.2) is 0 Å². The van der Waals surface area contributed by atoms with Crippen molar-refractivity contribution in [2.75, 3.05) is 6.61 Å². The average molecular weight is 289 g/mol. The summed E-state index contributed by atoms with van der Waals surface area (Å²) in [6, 6.07) is 8.04. The molecule has 0 spiro atoms. The Morgan fingerprint density at radius 2 is 2.00 bits per heavy atom. The van der Waals surface area contributed by atoms with Crippen molar-refractivity contribution in [2.24, 2.45) is 5.73 Å². The van der Waals surface area contributed by atoms with E-state index in [1.165, 1.54) is 0 Å². The zero-order chi connectivity index (χ0) is 15.1. The Labute approximate surface area is 125 Å². The minimum absolute atomic E-state index is 0.0812. The van der Waals surface area contributed by atoms with Gasteiger partial charge in [-0.2, -0.15) is 4.98 Å². The lowest BCUT2D eigenvalue weighted by Gasteiger charge is -2.11. The predicted octanol–water partition coefficient (Wildman–Crippen LogP) is 3.00. The Morgan fingerprint density at radius 1 is 1.24 bits per heavy atom. The molecular weight excluding hydrogens is 266 g/mol. The van der Waals surface area contributed by atoms with Gasteiger partial charge in [0.05, 0.1) is 6.42 Å². The van der Waals surface area contributed by atoms with E-state index < -0.39 is 0 Å². The summed E-state index contributed by atoms with van der Waals surface area (Å²) in [5.41, 5.74) is 7.98. The van der Waals surface area contributed by atoms with Gasteiger partial charge in [-0.25, -0.2) is 0 Å². The van der Waals surface area contributed by atoms with Crippen LogP contribution in [0.1, 0.15) is 55.6 Å². The summed E-state index contributed by atoms with van der Waals surface area (Å²) in [5.74, 6) is 1.24. The lowest BCUT2D eigenvalue weighted by Crippen LogP contribution is -2.06. The first-order valence-electron chi connectivity index (χ1n) is 7.49. The maximum Gasteiger partial charge on any atom is 0.231 e. The first-order valence-corrected chi connectivity index (χ1v) is 7.49. The lowest BCUT2D eigenvalue weighted by molar-refractivity contribution is 0.0478. The molecule has 1 heterocycles. The second kappa shape index (κ2) is 7.90. The van der Waals surface area contributed by atoms with E-state index in [4.69, 9.17) is 15.0 Å². The summed E-state index contributed by atoms with van der Waals surface area (Å²) in [6.07, 6.45) is 2.43. The van der Waals surface area contributed by atoms with Crippen LogP contribution in [0.2, 0.25) is 0 Å². The summed E-state index contributed by atoms with van der Waals surface area (Å²) < 4.78 is 11.0. The molecule has 0 amide bonds. The third-order valence-electron chi connectivity index (χ3n) is 3.37. The van der Waals surface area contributed by atoms with E-state index in [1.807, 2.05) is 31.2 Å². The van der Waals surface area contributed by atoms with Crippen LogP contribution >= 0.6 is 0 Å². The number of rotatable bonds is 8. The van der Waals surface area contributed by atoms with E-state index >= 15 is 0 Å². The molecule has 5 heteroatoms. The molecule has 0 saturated carbocycles. The molecule has 1 unspecified atom stereocenters. The maximum atomic E-state index is 5.75. The fourth-order valence-electron chi connectivity index (χ4n) is 2.31. The first-order chi connectivity index (χ1) is 10.3. The zero-order valence-electron chi connectivity index (χ0n) is 12.7. The number of benzene rings is 1. The summed E-state index contributed by atoms with van der Waals surface area (Å²) in [7, 11) is 0. The molecule has 0 aliphatic heterocycles. The Balaban J connectivity index is 2.12. The zero-order valence-corrected chi connectivity index (χ0v) is 12.7. The topological polar surface area (TPSA) is 74.2 Å². The SMILES string of the molecule is CCCC(OCC)c1noc(Cc2ccccc2CN)n1. The van der Waals surface area contributed by atoms with E-state index in [0.29, 0.717) is 31.3 Å². The molecule has 21 heavy (non-hydrogen) atoms. The lowest BCUT2D eigenvalue weighted by atomic mass is 10.0. The molecule has 0 radical (unpaired) electrons. The molecule has 0 aliphatic carbocycles. The monoisotopic (exact) mass is 289 g/mol. The quantitative estimate of drug-likeness (QED) is 0.808. The highest BCUT2D eigenvalue weighted by Crippen LogP contribution is 2.21. The summed E-state index contributed by atoms with van der Waals surface area (Å²) in [5, 5.41) is 4.06. The Bertz CT molecular complexity index is 548. The maximum absolute atomic E-state index is 5.75. The summed E-state index contributed by atoms with van der Waals surface area (Å²) in [6.45, 7) is 5.24. The van der Waals surface area contributed by atoms with Gasteiger partial charge in [-0.05, 0) is 24.5 Å². The molecule has 1 atom stereocenters. The molecule has 2 N–H and O–H groups in total. The van der Waals surface area contributed by atoms with Crippen LogP contribution < -0.4 is 5.73 Å². The van der Waals surface area contributed by atoms with Crippen LogP contribution in [0.4, 0.5) is 0 Å². The van der Waals surface area contributed by atoms with Crippen LogP contribution in [0.5, 0.6) is 0 Å². The molecule has 0 bridgehead atoms. The molecule has 2 aromatic rings. The minimum Gasteiger partial charge on any atom is -0.370 e. The first kappa shape index (κ1) is 15.7. The number of nitrogens with zero attached hydrogens (tertiary/aromatic N) is 2. The van der Waals surface area contributed by atoms with E-state index in [9.17, 15) is 0 Å². The summed E-state index contributed by atoms with van der Waals surface area (Å²) in [4.78, 5) is 4.47. The van der Waals surface area contributed by atoms with Crippen molar-refractivity contribution < 1.29 is 9.26 Å². The van der Waals surface area contributed by atoms with Gasteiger partial charge in [0, 0.05) is 13.2 Å². The smallest absolute Gasteiger partial charge is 0.231 e. The molecule has 5 nitrogen and oxygen atoms in total. The van der Waals surface area contributed by atoms with Crippen molar-refractivity contribution in [2.45, 2.75) is 45.8 Å². The highest BCUT2D eigenvalue weighted by Gasteiger charge is 2.18. The van der Waals surface area contributed by atoms with Crippen LogP contribution in [-0.4, -0.2) is 16.7 Å². The minimum atomic E-state index is -0.0812. The molecule has 2 rings (SSSR count). The van der Waals surface area contributed by atoms with E-state index in [-0.39, 0.29) is 6.10 Å². The van der Waals surface area contributed by atoms with Gasteiger partial charge in [0.1, 0.15) is 6.10 Å². The van der Waals surface area contributed by atoms with Gasteiger partial charge < -0.3 is 15.0 Å². The fourth-order valence-corrected chi connectivity index (χ4v) is 2.31. The fraction of sp³-hybridized carbons (Fsp3) is 0.500. The normalized spacial score (nSPS) is 12.5. The second-order valence-electron chi connectivity index (χ2n) is 4.93. The Kier molecular flexibility index (Phi) is 5.90. The van der Waals surface area contributed by atoms with Crippen molar-refractivity contribution in [3.63, 3.8) is 0 Å². The third-order valence-corrected chi connectivity index (χ3v) is 3.37. The molecule has 0 saturated heterocycles. The molecule has 1 aromatic heterocycles. The van der Waals surface area contributed by atoms with Crippen molar-refractivity contribution in [1.29, 1.82) is 0 Å². The van der Waals surface area contributed by atoms with Crippen molar-refractivity contribution in [3.8, 4) is 0 Å². The van der Waals surface area contributed by atoms with Crippen LogP contribution in [0.15, 0.2) is 28.8 Å². The van der Waals surface area contributed by atoms with Crippen molar-refractivity contribution >= 4 is 0 Å². The average Bonchev–Trinajstić information content (AvgIpc) is 2.96. The number of nitrogens with two attached hydrogens (primary N) is 1. The molecule has 1 aromatic carbocycles. The summed E-state index contributed by atoms with van der Waals surface area (Å²) >= 11 is 0.